The monoisotopic (exact) mass is 490 g/mol. The number of hydrogen-bond donors (Lipinski definition) is 1. The number of aromatic amines is 1. The Hall–Kier alpha value is -3.56. The number of fused-ring (bicyclic) bond motifs is 1. The number of rotatable bonds is 11. The fraction of sp³-hybridized carbons (Fsp3) is 0.407. The third kappa shape index (κ3) is 5.80. The number of pyridine rings is 1. The Kier molecular flexibility index (Phi) is 8.12. The van der Waals surface area contributed by atoms with Crippen molar-refractivity contribution >= 4 is 10.9 Å². The van der Waals surface area contributed by atoms with Gasteiger partial charge in [0, 0.05) is 36.7 Å². The van der Waals surface area contributed by atoms with Gasteiger partial charge in [-0.3, -0.25) is 9.69 Å². The van der Waals surface area contributed by atoms with Crippen LogP contribution < -0.4 is 10.3 Å². The van der Waals surface area contributed by atoms with Gasteiger partial charge in [-0.05, 0) is 53.1 Å². The Morgan fingerprint density at radius 2 is 1.83 bits per heavy atom. The minimum atomic E-state index is -0.126. The highest BCUT2D eigenvalue weighted by Crippen LogP contribution is 2.30. The maximum absolute atomic E-state index is 13.1. The lowest BCUT2D eigenvalue weighted by Crippen LogP contribution is -2.35. The molecule has 9 heteroatoms. The highest BCUT2D eigenvalue weighted by molar-refractivity contribution is 5.80. The molecule has 36 heavy (non-hydrogen) atoms. The first-order valence-corrected chi connectivity index (χ1v) is 12.1. The maximum atomic E-state index is 13.1. The van der Waals surface area contributed by atoms with Crippen LogP contribution in [-0.2, 0) is 24.4 Å². The maximum Gasteiger partial charge on any atom is 0.252 e. The summed E-state index contributed by atoms with van der Waals surface area (Å²) in [6.07, 6.45) is 0. The van der Waals surface area contributed by atoms with Crippen molar-refractivity contribution in [1.29, 1.82) is 0 Å². The molecule has 0 aliphatic heterocycles. The van der Waals surface area contributed by atoms with Gasteiger partial charge in [-0.15, -0.1) is 5.10 Å². The lowest BCUT2D eigenvalue weighted by atomic mass is 9.99. The SMILES string of the molecule is COCCn1nnnc1[C@H](C(C)C)N(Cc1ccc(C)cc1)Cc1cc2cc(OC)ccc2[nH]c1=O. The minimum absolute atomic E-state index is 0.108. The number of nitrogens with one attached hydrogen (secondary N) is 1. The second kappa shape index (κ2) is 11.5. The van der Waals surface area contributed by atoms with Crippen molar-refractivity contribution in [2.75, 3.05) is 20.8 Å². The van der Waals surface area contributed by atoms with Crippen molar-refractivity contribution < 1.29 is 9.47 Å². The Labute approximate surface area is 211 Å². The van der Waals surface area contributed by atoms with Crippen LogP contribution in [-0.4, -0.2) is 50.9 Å². The zero-order valence-corrected chi connectivity index (χ0v) is 21.6. The van der Waals surface area contributed by atoms with Crippen LogP contribution in [0.4, 0.5) is 0 Å². The van der Waals surface area contributed by atoms with Gasteiger partial charge in [0.1, 0.15) is 5.75 Å². The number of H-pyrrole nitrogens is 1. The summed E-state index contributed by atoms with van der Waals surface area (Å²) in [5.74, 6) is 1.69. The van der Waals surface area contributed by atoms with E-state index in [9.17, 15) is 4.79 Å². The van der Waals surface area contributed by atoms with Gasteiger partial charge >= 0.3 is 0 Å². The molecule has 9 nitrogen and oxygen atoms in total. The molecule has 0 spiro atoms. The second-order valence-corrected chi connectivity index (χ2v) is 9.41. The molecule has 0 fully saturated rings. The topological polar surface area (TPSA) is 98.2 Å². The average Bonchev–Trinajstić information content (AvgIpc) is 3.32. The van der Waals surface area contributed by atoms with E-state index in [0.29, 0.717) is 31.8 Å². The summed E-state index contributed by atoms with van der Waals surface area (Å²) in [4.78, 5) is 18.4. The zero-order valence-electron chi connectivity index (χ0n) is 21.6. The van der Waals surface area contributed by atoms with Gasteiger partial charge in [0.15, 0.2) is 5.82 Å². The molecule has 4 aromatic rings. The van der Waals surface area contributed by atoms with Crippen molar-refractivity contribution in [2.45, 2.75) is 46.4 Å². The van der Waals surface area contributed by atoms with E-state index in [-0.39, 0.29) is 17.5 Å². The number of benzene rings is 2. The largest absolute Gasteiger partial charge is 0.497 e. The quantitative estimate of drug-likeness (QED) is 0.341. The van der Waals surface area contributed by atoms with Gasteiger partial charge in [-0.25, -0.2) is 4.68 Å². The number of nitrogens with zero attached hydrogens (tertiary/aromatic N) is 5. The van der Waals surface area contributed by atoms with Crippen LogP contribution in [0.15, 0.2) is 53.3 Å². The van der Waals surface area contributed by atoms with Crippen LogP contribution in [0.3, 0.4) is 0 Å². The third-order valence-electron chi connectivity index (χ3n) is 6.36. The summed E-state index contributed by atoms with van der Waals surface area (Å²) >= 11 is 0. The molecule has 0 aliphatic rings. The average molecular weight is 491 g/mol. The summed E-state index contributed by atoms with van der Waals surface area (Å²) in [6, 6.07) is 15.9. The van der Waals surface area contributed by atoms with E-state index in [1.807, 2.05) is 24.3 Å². The van der Waals surface area contributed by atoms with Crippen LogP contribution in [0.25, 0.3) is 10.9 Å². The molecular formula is C27H34N6O3. The van der Waals surface area contributed by atoms with Gasteiger partial charge < -0.3 is 14.5 Å². The Balaban J connectivity index is 1.76. The lowest BCUT2D eigenvalue weighted by Gasteiger charge is -2.33. The summed E-state index contributed by atoms with van der Waals surface area (Å²) in [7, 11) is 3.30. The van der Waals surface area contributed by atoms with Crippen molar-refractivity contribution in [1.82, 2.24) is 30.1 Å². The fourth-order valence-electron chi connectivity index (χ4n) is 4.52. The Bertz CT molecular complexity index is 1350. The predicted octanol–water partition coefficient (Wildman–Crippen LogP) is 3.88. The van der Waals surface area contributed by atoms with Crippen molar-refractivity contribution in [3.05, 3.63) is 81.4 Å². The van der Waals surface area contributed by atoms with Crippen LogP contribution in [0.2, 0.25) is 0 Å². The van der Waals surface area contributed by atoms with E-state index < -0.39 is 0 Å². The molecule has 190 valence electrons. The van der Waals surface area contributed by atoms with Gasteiger partial charge in [-0.2, -0.15) is 0 Å². The van der Waals surface area contributed by atoms with E-state index in [2.05, 4.69) is 70.4 Å². The summed E-state index contributed by atoms with van der Waals surface area (Å²) in [5, 5.41) is 13.5. The van der Waals surface area contributed by atoms with Crippen LogP contribution in [0.5, 0.6) is 5.75 Å². The molecule has 0 radical (unpaired) electrons. The minimum Gasteiger partial charge on any atom is -0.497 e. The number of ether oxygens (including phenoxy) is 2. The third-order valence-corrected chi connectivity index (χ3v) is 6.36. The summed E-state index contributed by atoms with van der Waals surface area (Å²) in [5.41, 5.74) is 3.70. The van der Waals surface area contributed by atoms with Crippen molar-refractivity contribution in [3.8, 4) is 5.75 Å². The fourth-order valence-corrected chi connectivity index (χ4v) is 4.52. The molecule has 0 bridgehead atoms. The molecule has 4 rings (SSSR count). The van der Waals surface area contributed by atoms with Gasteiger partial charge in [-0.1, -0.05) is 43.7 Å². The second-order valence-electron chi connectivity index (χ2n) is 9.41. The lowest BCUT2D eigenvalue weighted by molar-refractivity contribution is 0.121. The molecule has 0 aliphatic carbocycles. The number of aromatic nitrogens is 5. The molecule has 1 N–H and O–H groups in total. The smallest absolute Gasteiger partial charge is 0.252 e. The highest BCUT2D eigenvalue weighted by Gasteiger charge is 2.30. The van der Waals surface area contributed by atoms with E-state index in [4.69, 9.17) is 9.47 Å². The normalized spacial score (nSPS) is 12.5. The molecule has 2 aromatic carbocycles. The number of tetrazole rings is 1. The first kappa shape index (κ1) is 25.5. The number of aryl methyl sites for hydroxylation is 1. The molecule has 2 heterocycles. The van der Waals surface area contributed by atoms with E-state index in [1.54, 1.807) is 18.9 Å². The van der Waals surface area contributed by atoms with E-state index >= 15 is 0 Å². The Morgan fingerprint density at radius 3 is 2.53 bits per heavy atom. The molecule has 0 saturated heterocycles. The van der Waals surface area contributed by atoms with Crippen molar-refractivity contribution in [3.63, 3.8) is 0 Å². The number of hydrogen-bond acceptors (Lipinski definition) is 7. The standard InChI is InChI=1S/C27H34N6O3/c1-18(2)25(26-29-30-31-33(26)12-13-35-4)32(16-20-8-6-19(3)7-9-20)17-22-14-21-15-23(36-5)10-11-24(21)28-27(22)34/h6-11,14-15,18,25H,12-13,16-17H2,1-5H3,(H,28,34)/t25-/m0/s1. The first-order valence-electron chi connectivity index (χ1n) is 12.1. The molecular weight excluding hydrogens is 456 g/mol. The summed E-state index contributed by atoms with van der Waals surface area (Å²) in [6.45, 7) is 8.50. The van der Waals surface area contributed by atoms with Crippen LogP contribution in [0.1, 0.15) is 42.4 Å². The summed E-state index contributed by atoms with van der Waals surface area (Å²) < 4.78 is 12.4. The molecule has 0 saturated carbocycles. The first-order chi connectivity index (χ1) is 17.4. The zero-order chi connectivity index (χ0) is 25.7. The van der Waals surface area contributed by atoms with Crippen LogP contribution >= 0.6 is 0 Å². The Morgan fingerprint density at radius 1 is 1.06 bits per heavy atom. The predicted molar refractivity (Wildman–Crippen MR) is 139 cm³/mol. The van der Waals surface area contributed by atoms with E-state index in [0.717, 1.165) is 28.0 Å². The van der Waals surface area contributed by atoms with Gasteiger partial charge in [0.2, 0.25) is 0 Å². The number of methoxy groups -OCH3 is 2. The van der Waals surface area contributed by atoms with E-state index in [1.165, 1.54) is 5.56 Å². The molecule has 2 aromatic heterocycles. The van der Waals surface area contributed by atoms with Gasteiger partial charge in [0.25, 0.3) is 5.56 Å². The molecule has 1 atom stereocenters. The molecule has 0 amide bonds. The highest BCUT2D eigenvalue weighted by atomic mass is 16.5. The van der Waals surface area contributed by atoms with Crippen LogP contribution in [0, 0.1) is 12.8 Å². The molecule has 0 unspecified atom stereocenters. The van der Waals surface area contributed by atoms with Gasteiger partial charge in [0.05, 0.1) is 26.3 Å². The van der Waals surface area contributed by atoms with Crippen molar-refractivity contribution in [2.24, 2.45) is 5.92 Å².